The lowest BCUT2D eigenvalue weighted by atomic mass is 10.1. The third-order valence-corrected chi connectivity index (χ3v) is 2.87. The molecular weight excluding hydrogens is 208 g/mol. The molecule has 0 radical (unpaired) electrons. The Kier molecular flexibility index (Phi) is 4.89. The minimum Gasteiger partial charge on any atom is -0.357 e. The van der Waals surface area contributed by atoms with E-state index in [0.717, 1.165) is 18.9 Å². The average Bonchev–Trinajstić information content (AvgIpc) is 2.27. The zero-order valence-corrected chi connectivity index (χ0v) is 10.5. The van der Waals surface area contributed by atoms with Crippen LogP contribution in [-0.4, -0.2) is 18.1 Å². The van der Waals surface area contributed by atoms with Gasteiger partial charge < -0.3 is 4.90 Å². The van der Waals surface area contributed by atoms with Crippen molar-refractivity contribution >= 4 is 17.4 Å². The SMILES string of the molecule is CCC(C)CN(CC)c1ccc(Cl)cn1. The van der Waals surface area contributed by atoms with Gasteiger partial charge in [0.05, 0.1) is 5.02 Å². The van der Waals surface area contributed by atoms with Crippen molar-refractivity contribution in [1.82, 2.24) is 4.98 Å². The van der Waals surface area contributed by atoms with Crippen LogP contribution in [0.15, 0.2) is 18.3 Å². The van der Waals surface area contributed by atoms with Crippen LogP contribution in [0, 0.1) is 5.92 Å². The minimum absolute atomic E-state index is 0.693. The summed E-state index contributed by atoms with van der Waals surface area (Å²) in [5.74, 6) is 1.71. The van der Waals surface area contributed by atoms with Crippen molar-refractivity contribution in [1.29, 1.82) is 0 Å². The Morgan fingerprint density at radius 3 is 2.60 bits per heavy atom. The van der Waals surface area contributed by atoms with Gasteiger partial charge in [-0.2, -0.15) is 0 Å². The van der Waals surface area contributed by atoms with Crippen LogP contribution in [-0.2, 0) is 0 Å². The van der Waals surface area contributed by atoms with Gasteiger partial charge in [-0.25, -0.2) is 4.98 Å². The Bertz CT molecular complexity index is 284. The predicted octanol–water partition coefficient (Wildman–Crippen LogP) is 3.61. The number of rotatable bonds is 5. The fourth-order valence-corrected chi connectivity index (χ4v) is 1.56. The van der Waals surface area contributed by atoms with Gasteiger partial charge in [0, 0.05) is 19.3 Å². The van der Waals surface area contributed by atoms with E-state index in [9.17, 15) is 0 Å². The smallest absolute Gasteiger partial charge is 0.128 e. The van der Waals surface area contributed by atoms with E-state index < -0.39 is 0 Å². The standard InChI is InChI=1S/C12H19ClN2/c1-4-10(3)9-15(5-2)12-7-6-11(13)8-14-12/h6-8,10H,4-5,9H2,1-3H3. The maximum Gasteiger partial charge on any atom is 0.128 e. The molecule has 0 N–H and O–H groups in total. The fourth-order valence-electron chi connectivity index (χ4n) is 1.45. The lowest BCUT2D eigenvalue weighted by Gasteiger charge is -2.24. The van der Waals surface area contributed by atoms with E-state index in [1.165, 1.54) is 6.42 Å². The molecule has 0 aliphatic carbocycles. The molecule has 0 aromatic carbocycles. The van der Waals surface area contributed by atoms with E-state index in [4.69, 9.17) is 11.6 Å². The first-order valence-electron chi connectivity index (χ1n) is 5.53. The summed E-state index contributed by atoms with van der Waals surface area (Å²) >= 11 is 5.81. The number of nitrogens with zero attached hydrogens (tertiary/aromatic N) is 2. The summed E-state index contributed by atoms with van der Waals surface area (Å²) in [6.45, 7) is 8.67. The van der Waals surface area contributed by atoms with Gasteiger partial charge in [0.15, 0.2) is 0 Å². The summed E-state index contributed by atoms with van der Waals surface area (Å²) in [6, 6.07) is 3.87. The summed E-state index contributed by atoms with van der Waals surface area (Å²) in [7, 11) is 0. The van der Waals surface area contributed by atoms with Gasteiger partial charge in [0.25, 0.3) is 0 Å². The average molecular weight is 227 g/mol. The predicted molar refractivity (Wildman–Crippen MR) is 66.6 cm³/mol. The first-order valence-corrected chi connectivity index (χ1v) is 5.91. The third kappa shape index (κ3) is 3.71. The molecule has 1 rings (SSSR count). The van der Waals surface area contributed by atoms with Gasteiger partial charge >= 0.3 is 0 Å². The van der Waals surface area contributed by atoms with Crippen molar-refractivity contribution in [2.45, 2.75) is 27.2 Å². The highest BCUT2D eigenvalue weighted by Gasteiger charge is 2.08. The van der Waals surface area contributed by atoms with E-state index in [1.54, 1.807) is 6.20 Å². The fraction of sp³-hybridized carbons (Fsp3) is 0.583. The van der Waals surface area contributed by atoms with Crippen molar-refractivity contribution in [3.63, 3.8) is 0 Å². The van der Waals surface area contributed by atoms with Crippen LogP contribution in [0.3, 0.4) is 0 Å². The lowest BCUT2D eigenvalue weighted by molar-refractivity contribution is 0.545. The van der Waals surface area contributed by atoms with E-state index in [-0.39, 0.29) is 0 Å². The second-order valence-electron chi connectivity index (χ2n) is 3.89. The molecule has 2 nitrogen and oxygen atoms in total. The zero-order chi connectivity index (χ0) is 11.3. The molecule has 0 fully saturated rings. The van der Waals surface area contributed by atoms with Crippen LogP contribution in [0.5, 0.6) is 0 Å². The second kappa shape index (κ2) is 5.96. The monoisotopic (exact) mass is 226 g/mol. The number of hydrogen-bond donors (Lipinski definition) is 0. The number of anilines is 1. The van der Waals surface area contributed by atoms with E-state index >= 15 is 0 Å². The largest absolute Gasteiger partial charge is 0.357 e. The molecule has 1 atom stereocenters. The van der Waals surface area contributed by atoms with Crippen molar-refractivity contribution in [2.24, 2.45) is 5.92 Å². The van der Waals surface area contributed by atoms with Crippen molar-refractivity contribution in [2.75, 3.05) is 18.0 Å². The molecular formula is C12H19ClN2. The molecule has 1 aromatic heterocycles. The molecule has 0 bridgehead atoms. The highest BCUT2D eigenvalue weighted by Crippen LogP contribution is 2.16. The highest BCUT2D eigenvalue weighted by atomic mass is 35.5. The van der Waals surface area contributed by atoms with E-state index in [0.29, 0.717) is 10.9 Å². The van der Waals surface area contributed by atoms with Crippen LogP contribution < -0.4 is 4.90 Å². The van der Waals surface area contributed by atoms with Gasteiger partial charge in [-0.05, 0) is 25.0 Å². The molecule has 3 heteroatoms. The highest BCUT2D eigenvalue weighted by molar-refractivity contribution is 6.30. The molecule has 0 spiro atoms. The molecule has 0 aliphatic heterocycles. The minimum atomic E-state index is 0.693. The number of halogens is 1. The van der Waals surface area contributed by atoms with E-state index in [2.05, 4.69) is 30.7 Å². The van der Waals surface area contributed by atoms with Crippen molar-refractivity contribution < 1.29 is 0 Å². The Hall–Kier alpha value is -0.760. The van der Waals surface area contributed by atoms with Crippen LogP contribution >= 0.6 is 11.6 Å². The zero-order valence-electron chi connectivity index (χ0n) is 9.70. The lowest BCUT2D eigenvalue weighted by Crippen LogP contribution is -2.28. The molecule has 1 aromatic rings. The van der Waals surface area contributed by atoms with Crippen LogP contribution in [0.1, 0.15) is 27.2 Å². The maximum absolute atomic E-state index is 5.81. The summed E-state index contributed by atoms with van der Waals surface area (Å²) in [5.41, 5.74) is 0. The summed E-state index contributed by atoms with van der Waals surface area (Å²) in [6.07, 6.45) is 2.90. The summed E-state index contributed by atoms with van der Waals surface area (Å²) in [5, 5.41) is 0.693. The summed E-state index contributed by atoms with van der Waals surface area (Å²) < 4.78 is 0. The molecule has 0 aliphatic rings. The molecule has 1 heterocycles. The first-order chi connectivity index (χ1) is 7.17. The number of pyridine rings is 1. The molecule has 84 valence electrons. The Morgan fingerprint density at radius 2 is 2.13 bits per heavy atom. The number of aromatic nitrogens is 1. The molecule has 0 saturated heterocycles. The Balaban J connectivity index is 2.69. The van der Waals surface area contributed by atoms with Crippen molar-refractivity contribution in [3.05, 3.63) is 23.4 Å². The first kappa shape index (κ1) is 12.3. The van der Waals surface area contributed by atoms with Gasteiger partial charge in [-0.1, -0.05) is 31.9 Å². The van der Waals surface area contributed by atoms with Gasteiger partial charge in [-0.3, -0.25) is 0 Å². The van der Waals surface area contributed by atoms with E-state index in [1.807, 2.05) is 12.1 Å². The van der Waals surface area contributed by atoms with Gasteiger partial charge in [0.2, 0.25) is 0 Å². The number of hydrogen-bond acceptors (Lipinski definition) is 2. The van der Waals surface area contributed by atoms with Crippen LogP contribution in [0.2, 0.25) is 5.02 Å². The Labute approximate surface area is 97.3 Å². The molecule has 0 amide bonds. The second-order valence-corrected chi connectivity index (χ2v) is 4.32. The molecule has 1 unspecified atom stereocenters. The van der Waals surface area contributed by atoms with Crippen LogP contribution in [0.4, 0.5) is 5.82 Å². The maximum atomic E-state index is 5.81. The topological polar surface area (TPSA) is 16.1 Å². The molecule has 15 heavy (non-hydrogen) atoms. The van der Waals surface area contributed by atoms with Gasteiger partial charge in [-0.15, -0.1) is 0 Å². The molecule has 0 saturated carbocycles. The van der Waals surface area contributed by atoms with Crippen LogP contribution in [0.25, 0.3) is 0 Å². The van der Waals surface area contributed by atoms with Crippen molar-refractivity contribution in [3.8, 4) is 0 Å². The Morgan fingerprint density at radius 1 is 1.40 bits per heavy atom. The summed E-state index contributed by atoms with van der Waals surface area (Å²) in [4.78, 5) is 6.61. The third-order valence-electron chi connectivity index (χ3n) is 2.65. The quantitative estimate of drug-likeness (QED) is 0.763. The normalized spacial score (nSPS) is 12.5. The van der Waals surface area contributed by atoms with Gasteiger partial charge in [0.1, 0.15) is 5.82 Å².